The van der Waals surface area contributed by atoms with Gasteiger partial charge in [-0.1, -0.05) is 12.1 Å². The Labute approximate surface area is 127 Å². The van der Waals surface area contributed by atoms with E-state index in [0.29, 0.717) is 0 Å². The highest BCUT2D eigenvalue weighted by Crippen LogP contribution is 2.14. The molecule has 0 saturated carbocycles. The van der Waals surface area contributed by atoms with Crippen molar-refractivity contribution in [3.8, 4) is 0 Å². The average Bonchev–Trinajstić information content (AvgIpc) is 2.91. The van der Waals surface area contributed by atoms with Gasteiger partial charge in [0.1, 0.15) is 0 Å². The molecule has 0 aliphatic carbocycles. The standard InChI is InChI=1S/C16H17N3OS/c1-12-6-9-21-16(12)11-17-7-8-19-14-5-3-2-4-13(14)15(20)10-18-19/h2-6,9-10,17H,7-8,11H2,1H3. The SMILES string of the molecule is Cc1ccsc1CNCCn1ncc(=O)c2ccccc21. The Kier molecular flexibility index (Phi) is 4.13. The van der Waals surface area contributed by atoms with Crippen LogP contribution in [0.5, 0.6) is 0 Å². The predicted molar refractivity (Wildman–Crippen MR) is 86.8 cm³/mol. The molecule has 0 spiro atoms. The fraction of sp³-hybridized carbons (Fsp3) is 0.250. The van der Waals surface area contributed by atoms with Gasteiger partial charge in [0.15, 0.2) is 0 Å². The first kappa shape index (κ1) is 14.0. The van der Waals surface area contributed by atoms with E-state index >= 15 is 0 Å². The quantitative estimate of drug-likeness (QED) is 0.737. The van der Waals surface area contributed by atoms with Gasteiger partial charge in [-0.2, -0.15) is 5.10 Å². The summed E-state index contributed by atoms with van der Waals surface area (Å²) in [4.78, 5) is 13.1. The number of benzene rings is 1. The van der Waals surface area contributed by atoms with Crippen molar-refractivity contribution in [1.82, 2.24) is 15.1 Å². The van der Waals surface area contributed by atoms with Crippen molar-refractivity contribution in [2.24, 2.45) is 0 Å². The Balaban J connectivity index is 1.67. The summed E-state index contributed by atoms with van der Waals surface area (Å²) < 4.78 is 1.88. The molecule has 3 rings (SSSR count). The summed E-state index contributed by atoms with van der Waals surface area (Å²) >= 11 is 1.77. The Hall–Kier alpha value is -1.98. The Morgan fingerprint density at radius 2 is 2.14 bits per heavy atom. The minimum Gasteiger partial charge on any atom is -0.310 e. The molecule has 0 aliphatic rings. The second kappa shape index (κ2) is 6.20. The third-order valence-electron chi connectivity index (χ3n) is 3.52. The van der Waals surface area contributed by atoms with Crippen molar-refractivity contribution < 1.29 is 0 Å². The van der Waals surface area contributed by atoms with Gasteiger partial charge in [-0.15, -0.1) is 11.3 Å². The van der Waals surface area contributed by atoms with Crippen molar-refractivity contribution in [2.45, 2.75) is 20.0 Å². The van der Waals surface area contributed by atoms with Crippen LogP contribution < -0.4 is 10.7 Å². The molecule has 0 saturated heterocycles. The molecule has 0 unspecified atom stereocenters. The maximum absolute atomic E-state index is 11.8. The lowest BCUT2D eigenvalue weighted by molar-refractivity contribution is 0.562. The zero-order valence-corrected chi connectivity index (χ0v) is 12.7. The van der Waals surface area contributed by atoms with Crippen LogP contribution in [0.2, 0.25) is 0 Å². The van der Waals surface area contributed by atoms with Crippen molar-refractivity contribution in [3.63, 3.8) is 0 Å². The van der Waals surface area contributed by atoms with Crippen molar-refractivity contribution >= 4 is 22.2 Å². The van der Waals surface area contributed by atoms with Gasteiger partial charge in [0.25, 0.3) is 0 Å². The number of thiophene rings is 1. The van der Waals surface area contributed by atoms with E-state index in [0.717, 1.165) is 30.5 Å². The minimum atomic E-state index is -0.0241. The third kappa shape index (κ3) is 3.04. The first-order valence-corrected chi connectivity index (χ1v) is 7.82. The molecule has 1 aromatic carbocycles. The molecular formula is C16H17N3OS. The highest BCUT2D eigenvalue weighted by Gasteiger charge is 2.03. The van der Waals surface area contributed by atoms with Crippen LogP contribution in [0.1, 0.15) is 10.4 Å². The number of hydrogen-bond donors (Lipinski definition) is 1. The summed E-state index contributed by atoms with van der Waals surface area (Å²) in [5, 5.41) is 10.5. The van der Waals surface area contributed by atoms with Crippen molar-refractivity contribution in [3.05, 3.63) is 62.6 Å². The van der Waals surface area contributed by atoms with Crippen molar-refractivity contribution in [2.75, 3.05) is 6.54 Å². The smallest absolute Gasteiger partial charge is 0.207 e. The summed E-state index contributed by atoms with van der Waals surface area (Å²) in [6, 6.07) is 9.73. The molecule has 2 aromatic heterocycles. The second-order valence-corrected chi connectivity index (χ2v) is 5.95. The Morgan fingerprint density at radius 1 is 1.29 bits per heavy atom. The van der Waals surface area contributed by atoms with Gasteiger partial charge >= 0.3 is 0 Å². The fourth-order valence-corrected chi connectivity index (χ4v) is 3.19. The van der Waals surface area contributed by atoms with Crippen LogP contribution in [0.4, 0.5) is 0 Å². The maximum atomic E-state index is 11.8. The van der Waals surface area contributed by atoms with E-state index in [4.69, 9.17) is 0 Å². The van der Waals surface area contributed by atoms with E-state index in [2.05, 4.69) is 28.8 Å². The Morgan fingerprint density at radius 3 is 2.95 bits per heavy atom. The molecule has 5 heteroatoms. The van der Waals surface area contributed by atoms with E-state index < -0.39 is 0 Å². The number of hydrogen-bond acceptors (Lipinski definition) is 4. The zero-order chi connectivity index (χ0) is 14.7. The molecule has 0 bridgehead atoms. The van der Waals surface area contributed by atoms with Crippen LogP contribution in [0.25, 0.3) is 10.9 Å². The molecule has 4 nitrogen and oxygen atoms in total. The number of nitrogens with one attached hydrogen (secondary N) is 1. The molecule has 108 valence electrons. The van der Waals surface area contributed by atoms with Crippen LogP contribution in [0.3, 0.4) is 0 Å². The number of para-hydroxylation sites is 1. The summed E-state index contributed by atoms with van der Waals surface area (Å²) in [5.74, 6) is 0. The highest BCUT2D eigenvalue weighted by molar-refractivity contribution is 7.10. The minimum absolute atomic E-state index is 0.0241. The summed E-state index contributed by atoms with van der Waals surface area (Å²) in [6.45, 7) is 4.56. The molecule has 21 heavy (non-hydrogen) atoms. The molecule has 0 fully saturated rings. The monoisotopic (exact) mass is 299 g/mol. The number of rotatable bonds is 5. The van der Waals surface area contributed by atoms with Crippen LogP contribution >= 0.6 is 11.3 Å². The fourth-order valence-electron chi connectivity index (χ4n) is 2.31. The van der Waals surface area contributed by atoms with E-state index in [1.165, 1.54) is 16.6 Å². The van der Waals surface area contributed by atoms with E-state index in [1.807, 2.05) is 28.9 Å². The lowest BCUT2D eigenvalue weighted by atomic mass is 10.2. The van der Waals surface area contributed by atoms with Gasteiger partial charge in [-0.25, -0.2) is 0 Å². The van der Waals surface area contributed by atoms with Gasteiger partial charge in [0, 0.05) is 23.4 Å². The van der Waals surface area contributed by atoms with Crippen LogP contribution in [-0.4, -0.2) is 16.3 Å². The summed E-state index contributed by atoms with van der Waals surface area (Å²) in [7, 11) is 0. The molecule has 0 aliphatic heterocycles. The molecule has 3 aromatic rings. The predicted octanol–water partition coefficient (Wildman–Crippen LogP) is 2.56. The van der Waals surface area contributed by atoms with E-state index in [1.54, 1.807) is 11.3 Å². The first-order chi connectivity index (χ1) is 10.3. The number of aromatic nitrogens is 2. The van der Waals surface area contributed by atoms with Gasteiger partial charge in [0.2, 0.25) is 5.43 Å². The lowest BCUT2D eigenvalue weighted by Crippen LogP contribution is -2.22. The summed E-state index contributed by atoms with van der Waals surface area (Å²) in [5.41, 5.74) is 2.20. The molecular weight excluding hydrogens is 282 g/mol. The molecule has 0 amide bonds. The summed E-state index contributed by atoms with van der Waals surface area (Å²) in [6.07, 6.45) is 1.39. The van der Waals surface area contributed by atoms with Crippen molar-refractivity contribution in [1.29, 1.82) is 0 Å². The highest BCUT2D eigenvalue weighted by atomic mass is 32.1. The first-order valence-electron chi connectivity index (χ1n) is 6.94. The topological polar surface area (TPSA) is 46.9 Å². The average molecular weight is 299 g/mol. The number of nitrogens with zero attached hydrogens (tertiary/aromatic N) is 2. The maximum Gasteiger partial charge on any atom is 0.207 e. The van der Waals surface area contributed by atoms with Crippen LogP contribution in [0.15, 0.2) is 46.7 Å². The molecule has 1 N–H and O–H groups in total. The molecule has 0 radical (unpaired) electrons. The third-order valence-corrected chi connectivity index (χ3v) is 4.54. The largest absolute Gasteiger partial charge is 0.310 e. The van der Waals surface area contributed by atoms with Gasteiger partial charge in [-0.05, 0) is 36.1 Å². The van der Waals surface area contributed by atoms with Gasteiger partial charge < -0.3 is 5.32 Å². The van der Waals surface area contributed by atoms with Gasteiger partial charge in [-0.3, -0.25) is 9.48 Å². The van der Waals surface area contributed by atoms with Gasteiger partial charge in [0.05, 0.1) is 18.3 Å². The Bertz CT molecular complexity index is 806. The molecule has 0 atom stereocenters. The zero-order valence-electron chi connectivity index (χ0n) is 11.9. The van der Waals surface area contributed by atoms with Crippen LogP contribution in [-0.2, 0) is 13.1 Å². The van der Waals surface area contributed by atoms with Crippen LogP contribution in [0, 0.1) is 6.92 Å². The molecule has 2 heterocycles. The number of fused-ring (bicyclic) bond motifs is 1. The number of aryl methyl sites for hydroxylation is 1. The van der Waals surface area contributed by atoms with E-state index in [-0.39, 0.29) is 5.43 Å². The van der Waals surface area contributed by atoms with E-state index in [9.17, 15) is 4.79 Å². The normalized spacial score (nSPS) is 11.1. The lowest BCUT2D eigenvalue weighted by Gasteiger charge is -2.09. The second-order valence-electron chi connectivity index (χ2n) is 4.95.